The summed E-state index contributed by atoms with van der Waals surface area (Å²) in [5, 5.41) is 37.6. The van der Waals surface area contributed by atoms with Gasteiger partial charge >= 0.3 is 0 Å². The first kappa shape index (κ1) is 31.0. The van der Waals surface area contributed by atoms with Crippen molar-refractivity contribution in [3.8, 4) is 5.75 Å². The van der Waals surface area contributed by atoms with Gasteiger partial charge in [-0.15, -0.1) is 0 Å². The molecule has 0 saturated carbocycles. The van der Waals surface area contributed by atoms with Crippen LogP contribution in [0.1, 0.15) is 54.5 Å². The number of aryl methyl sites for hydroxylation is 1. The van der Waals surface area contributed by atoms with Gasteiger partial charge in [-0.3, -0.25) is 20.5 Å². The van der Waals surface area contributed by atoms with Gasteiger partial charge in [0.25, 0.3) is 0 Å². The summed E-state index contributed by atoms with van der Waals surface area (Å²) < 4.78 is 5.29. The number of aliphatic hydroxyl groups is 3. The predicted octanol–water partition coefficient (Wildman–Crippen LogP) is 1.63. The van der Waals surface area contributed by atoms with Crippen molar-refractivity contribution in [2.75, 3.05) is 33.9 Å². The maximum Gasteiger partial charge on any atom is 0.240 e. The van der Waals surface area contributed by atoms with Crippen molar-refractivity contribution in [1.29, 1.82) is 0 Å². The van der Waals surface area contributed by atoms with Crippen LogP contribution in [0, 0.1) is 12.8 Å². The van der Waals surface area contributed by atoms with Crippen molar-refractivity contribution in [3.63, 3.8) is 0 Å². The van der Waals surface area contributed by atoms with Gasteiger partial charge in [-0.05, 0) is 54.7 Å². The highest BCUT2D eigenvalue weighted by Crippen LogP contribution is 2.35. The molecule has 2 unspecified atom stereocenters. The third-order valence-electron chi connectivity index (χ3n) is 7.45. The minimum absolute atomic E-state index is 0.202. The molecular formula is C29H44N4O6. The number of hydrazine groups is 1. The Kier molecular flexibility index (Phi) is 11.3. The number of nitrogens with one attached hydrogen (secondary N) is 1. The van der Waals surface area contributed by atoms with Gasteiger partial charge in [0.2, 0.25) is 5.91 Å². The van der Waals surface area contributed by atoms with Crippen LogP contribution in [0.2, 0.25) is 0 Å². The summed E-state index contributed by atoms with van der Waals surface area (Å²) in [5.74, 6) is 5.32. The van der Waals surface area contributed by atoms with E-state index < -0.39 is 30.3 Å². The molecule has 1 aliphatic rings. The number of hydroxylamine groups is 2. The van der Waals surface area contributed by atoms with E-state index >= 15 is 0 Å². The lowest BCUT2D eigenvalue weighted by atomic mass is 9.87. The molecule has 0 aromatic heterocycles. The number of aliphatic hydroxyl groups excluding tert-OH is 3. The van der Waals surface area contributed by atoms with Crippen molar-refractivity contribution >= 4 is 5.91 Å². The van der Waals surface area contributed by atoms with Gasteiger partial charge in [0.15, 0.2) is 0 Å². The van der Waals surface area contributed by atoms with Crippen LogP contribution in [-0.4, -0.2) is 83.4 Å². The molecule has 1 aliphatic heterocycles. The Morgan fingerprint density at radius 3 is 2.59 bits per heavy atom. The smallest absolute Gasteiger partial charge is 0.240 e. The van der Waals surface area contributed by atoms with Gasteiger partial charge in [-0.2, -0.15) is 5.06 Å². The molecule has 0 radical (unpaired) electrons. The second kappa shape index (κ2) is 14.2. The van der Waals surface area contributed by atoms with Crippen LogP contribution in [0.5, 0.6) is 5.75 Å². The quantitative estimate of drug-likeness (QED) is 0.145. The second-order valence-electron chi connectivity index (χ2n) is 10.5. The third kappa shape index (κ3) is 7.76. The number of carbonyl (C=O) groups excluding carboxylic acids is 1. The number of hydrogen-bond acceptors (Lipinski definition) is 9. The molecule has 1 saturated heterocycles. The minimum Gasteiger partial charge on any atom is -0.497 e. The molecule has 2 aromatic carbocycles. The lowest BCUT2D eigenvalue weighted by molar-refractivity contribution is -0.181. The monoisotopic (exact) mass is 544 g/mol. The number of rotatable bonds is 13. The molecule has 216 valence electrons. The Balaban J connectivity index is 1.78. The van der Waals surface area contributed by atoms with Crippen LogP contribution in [0.3, 0.4) is 0 Å². The first-order chi connectivity index (χ1) is 18.6. The summed E-state index contributed by atoms with van der Waals surface area (Å²) in [6.07, 6.45) is -1.63. The second-order valence-corrected chi connectivity index (χ2v) is 10.5. The fourth-order valence-electron chi connectivity index (χ4n) is 5.23. The van der Waals surface area contributed by atoms with Crippen LogP contribution in [-0.2, 0) is 16.2 Å². The fraction of sp³-hybridized carbons (Fsp3) is 0.552. The van der Waals surface area contributed by atoms with Gasteiger partial charge in [0, 0.05) is 32.0 Å². The zero-order valence-electron chi connectivity index (χ0n) is 23.6. The highest BCUT2D eigenvalue weighted by Gasteiger charge is 2.49. The molecule has 10 heteroatoms. The summed E-state index contributed by atoms with van der Waals surface area (Å²) in [5.41, 5.74) is 3.59. The fourth-order valence-corrected chi connectivity index (χ4v) is 5.23. The zero-order chi connectivity index (χ0) is 28.7. The van der Waals surface area contributed by atoms with Crippen molar-refractivity contribution in [2.24, 2.45) is 11.8 Å². The molecule has 1 amide bonds. The number of hydrogen-bond donors (Lipinski definition) is 5. The van der Waals surface area contributed by atoms with E-state index in [1.165, 1.54) is 0 Å². The van der Waals surface area contributed by atoms with Gasteiger partial charge in [0.1, 0.15) is 17.9 Å². The molecule has 1 fully saturated rings. The van der Waals surface area contributed by atoms with Gasteiger partial charge in [-0.1, -0.05) is 37.3 Å². The third-order valence-corrected chi connectivity index (χ3v) is 7.45. The van der Waals surface area contributed by atoms with E-state index in [2.05, 4.69) is 5.32 Å². The largest absolute Gasteiger partial charge is 0.497 e. The minimum atomic E-state index is -0.868. The van der Waals surface area contributed by atoms with Crippen LogP contribution in [0.4, 0.5) is 0 Å². The van der Waals surface area contributed by atoms with Gasteiger partial charge in [-0.25, -0.2) is 0 Å². The molecule has 1 heterocycles. The number of methoxy groups -OCH3 is 1. The average Bonchev–Trinajstić information content (AvgIpc) is 3.28. The number of amides is 1. The van der Waals surface area contributed by atoms with Crippen molar-refractivity contribution in [1.82, 2.24) is 15.4 Å². The van der Waals surface area contributed by atoms with Gasteiger partial charge in [0.05, 0.1) is 32.5 Å². The van der Waals surface area contributed by atoms with Crippen LogP contribution < -0.4 is 15.9 Å². The summed E-state index contributed by atoms with van der Waals surface area (Å²) in [6, 6.07) is 12.7. The van der Waals surface area contributed by atoms with E-state index in [0.29, 0.717) is 19.5 Å². The van der Waals surface area contributed by atoms with E-state index in [-0.39, 0.29) is 25.0 Å². The number of carbonyl (C=O) groups is 1. The molecule has 0 bridgehead atoms. The molecule has 10 nitrogen and oxygen atoms in total. The van der Waals surface area contributed by atoms with E-state index in [4.69, 9.17) is 15.4 Å². The molecule has 39 heavy (non-hydrogen) atoms. The summed E-state index contributed by atoms with van der Waals surface area (Å²) in [7, 11) is 3.37. The van der Waals surface area contributed by atoms with Crippen LogP contribution in [0.15, 0.2) is 42.5 Å². The molecule has 6 atom stereocenters. The van der Waals surface area contributed by atoms with E-state index in [1.807, 2.05) is 56.3 Å². The molecule has 0 aliphatic carbocycles. The van der Waals surface area contributed by atoms with Crippen molar-refractivity contribution in [2.45, 2.75) is 64.0 Å². The van der Waals surface area contributed by atoms with Crippen LogP contribution in [0.25, 0.3) is 0 Å². The standard InChI is InChI=1S/C29H44N4O6/c1-18-14-23(38-5)10-11-24(18)28(36)19(2)22-9-6-8-21(15-22)16-33-27(26(20(3)35)25(17-34)39-33)29(37)31-12-7-13-32(4)30/h6,8-11,14-15,19-20,25-28,34-36H,7,12-13,16-17,30H2,1-5H3,(H,31,37)/t19?,20-,25-,26+,27-,28?/m1/s1. The predicted molar refractivity (Wildman–Crippen MR) is 148 cm³/mol. The Morgan fingerprint density at radius 1 is 1.23 bits per heavy atom. The Hall–Kier alpha value is -2.57. The molecule has 0 spiro atoms. The van der Waals surface area contributed by atoms with E-state index in [0.717, 1.165) is 28.0 Å². The molecular weight excluding hydrogens is 500 g/mol. The topological polar surface area (TPSA) is 141 Å². The highest BCUT2D eigenvalue weighted by atomic mass is 16.7. The van der Waals surface area contributed by atoms with Crippen molar-refractivity contribution < 1.29 is 29.7 Å². The number of ether oxygens (including phenoxy) is 1. The van der Waals surface area contributed by atoms with Crippen molar-refractivity contribution in [3.05, 3.63) is 64.7 Å². The first-order valence-electron chi connectivity index (χ1n) is 13.4. The Bertz CT molecular complexity index is 1080. The zero-order valence-corrected chi connectivity index (χ0v) is 23.6. The molecule has 2 aromatic rings. The summed E-state index contributed by atoms with van der Waals surface area (Å²) in [6.45, 7) is 6.52. The normalized spacial score (nSPS) is 22.1. The average molecular weight is 545 g/mol. The number of nitrogens with two attached hydrogens (primary N) is 1. The SMILES string of the molecule is COc1ccc(C(O)C(C)c2cccc(CN3O[C@H](CO)[C@H]([C@@H](C)O)[C@@H]3C(=O)NCCCN(C)N)c2)c(C)c1. The van der Waals surface area contributed by atoms with Gasteiger partial charge < -0.3 is 25.4 Å². The first-order valence-corrected chi connectivity index (χ1v) is 13.4. The number of benzene rings is 2. The van der Waals surface area contributed by atoms with E-state index in [9.17, 15) is 20.1 Å². The molecule has 6 N–H and O–H groups in total. The summed E-state index contributed by atoms with van der Waals surface area (Å²) in [4.78, 5) is 19.2. The lowest BCUT2D eigenvalue weighted by Crippen LogP contribution is -2.49. The Morgan fingerprint density at radius 2 is 1.97 bits per heavy atom. The highest BCUT2D eigenvalue weighted by molar-refractivity contribution is 5.82. The van der Waals surface area contributed by atoms with Crippen LogP contribution >= 0.6 is 0 Å². The van der Waals surface area contributed by atoms with E-state index in [1.54, 1.807) is 31.2 Å². The number of nitrogens with zero attached hydrogens (tertiary/aromatic N) is 2. The summed E-state index contributed by atoms with van der Waals surface area (Å²) >= 11 is 0. The lowest BCUT2D eigenvalue weighted by Gasteiger charge is -2.27. The molecule has 3 rings (SSSR count). The Labute approximate surface area is 231 Å². The maximum absolute atomic E-state index is 13.3. The maximum atomic E-state index is 13.3.